The van der Waals surface area contributed by atoms with Crippen LogP contribution in [0.3, 0.4) is 0 Å². The molecule has 0 saturated carbocycles. The van der Waals surface area contributed by atoms with Crippen LogP contribution in [-0.4, -0.2) is 11.2 Å². The second-order valence-electron chi connectivity index (χ2n) is 3.53. The van der Waals surface area contributed by atoms with Crippen LogP contribution in [-0.2, 0) is 0 Å². The highest BCUT2D eigenvalue weighted by Crippen LogP contribution is 2.11. The van der Waals surface area contributed by atoms with Crippen LogP contribution in [0.25, 0.3) is 11.6 Å². The summed E-state index contributed by atoms with van der Waals surface area (Å²) in [6.07, 6.45) is 3.97. The largest absolute Gasteiger partial charge is 0.389 e. The lowest BCUT2D eigenvalue weighted by atomic mass is 9.96. The standard InChI is InChI=1S/C12H14O/c1-9(13)11-8-4-6-10-5-2-3-7-12(10)11/h2-3,5-7,9,13H,4,8H2,1H3/t9-/m0/s1. The highest BCUT2D eigenvalue weighted by Gasteiger charge is 2.08. The molecule has 0 heterocycles. The molecule has 0 amide bonds. The number of aliphatic hydroxyl groups excluding tert-OH is 1. The van der Waals surface area contributed by atoms with Crippen molar-refractivity contribution in [1.82, 2.24) is 0 Å². The van der Waals surface area contributed by atoms with Crippen molar-refractivity contribution in [3.05, 3.63) is 34.7 Å². The van der Waals surface area contributed by atoms with E-state index in [9.17, 15) is 5.11 Å². The normalized spacial score (nSPS) is 17.5. The topological polar surface area (TPSA) is 20.2 Å². The summed E-state index contributed by atoms with van der Waals surface area (Å²) in [5.74, 6) is 0. The van der Waals surface area contributed by atoms with Crippen LogP contribution in [0.5, 0.6) is 0 Å². The lowest BCUT2D eigenvalue weighted by Crippen LogP contribution is -2.32. The van der Waals surface area contributed by atoms with Crippen LogP contribution < -0.4 is 10.4 Å². The molecule has 1 aliphatic carbocycles. The molecule has 1 aromatic carbocycles. The Morgan fingerprint density at radius 3 is 2.85 bits per heavy atom. The summed E-state index contributed by atoms with van der Waals surface area (Å²) >= 11 is 0. The first-order valence-electron chi connectivity index (χ1n) is 4.75. The molecule has 0 fully saturated rings. The van der Waals surface area contributed by atoms with Crippen molar-refractivity contribution in [3.63, 3.8) is 0 Å². The van der Waals surface area contributed by atoms with Gasteiger partial charge < -0.3 is 5.11 Å². The number of rotatable bonds is 1. The number of fused-ring (bicyclic) bond motifs is 1. The van der Waals surface area contributed by atoms with Crippen LogP contribution in [0, 0.1) is 0 Å². The van der Waals surface area contributed by atoms with Gasteiger partial charge in [0.25, 0.3) is 0 Å². The van der Waals surface area contributed by atoms with E-state index in [0.29, 0.717) is 0 Å². The van der Waals surface area contributed by atoms with Gasteiger partial charge in [0.1, 0.15) is 0 Å². The fraction of sp³-hybridized carbons (Fsp3) is 0.333. The van der Waals surface area contributed by atoms with Crippen molar-refractivity contribution in [2.45, 2.75) is 25.9 Å². The number of hydrogen-bond donors (Lipinski definition) is 1. The van der Waals surface area contributed by atoms with Crippen LogP contribution in [0.4, 0.5) is 0 Å². The minimum atomic E-state index is -0.310. The maximum atomic E-state index is 9.57. The Bertz CT molecular complexity index is 415. The van der Waals surface area contributed by atoms with Gasteiger partial charge in [-0.3, -0.25) is 0 Å². The fourth-order valence-electron chi connectivity index (χ4n) is 1.92. The quantitative estimate of drug-likeness (QED) is 0.667. The highest BCUT2D eigenvalue weighted by atomic mass is 16.3. The van der Waals surface area contributed by atoms with E-state index in [1.54, 1.807) is 0 Å². The van der Waals surface area contributed by atoms with Crippen molar-refractivity contribution in [3.8, 4) is 0 Å². The predicted molar refractivity (Wildman–Crippen MR) is 54.5 cm³/mol. The van der Waals surface area contributed by atoms with Crippen molar-refractivity contribution in [2.24, 2.45) is 0 Å². The Kier molecular flexibility index (Phi) is 2.19. The van der Waals surface area contributed by atoms with Gasteiger partial charge in [-0.05, 0) is 35.8 Å². The summed E-state index contributed by atoms with van der Waals surface area (Å²) in [7, 11) is 0. The minimum absolute atomic E-state index is 0.310. The van der Waals surface area contributed by atoms with E-state index in [-0.39, 0.29) is 6.10 Å². The van der Waals surface area contributed by atoms with Gasteiger partial charge in [-0.15, -0.1) is 0 Å². The summed E-state index contributed by atoms with van der Waals surface area (Å²) in [5, 5.41) is 12.1. The second-order valence-corrected chi connectivity index (χ2v) is 3.53. The highest BCUT2D eigenvalue weighted by molar-refractivity contribution is 5.53. The maximum Gasteiger partial charge on any atom is 0.0731 e. The van der Waals surface area contributed by atoms with Gasteiger partial charge in [0.2, 0.25) is 0 Å². The summed E-state index contributed by atoms with van der Waals surface area (Å²) < 4.78 is 0. The average molecular weight is 174 g/mol. The van der Waals surface area contributed by atoms with Gasteiger partial charge in [-0.25, -0.2) is 0 Å². The molecule has 1 N–H and O–H groups in total. The van der Waals surface area contributed by atoms with Crippen LogP contribution >= 0.6 is 0 Å². The van der Waals surface area contributed by atoms with Gasteiger partial charge >= 0.3 is 0 Å². The van der Waals surface area contributed by atoms with Crippen molar-refractivity contribution >= 4 is 11.6 Å². The summed E-state index contributed by atoms with van der Waals surface area (Å²) in [6.45, 7) is 1.84. The molecule has 68 valence electrons. The molecular weight excluding hydrogens is 160 g/mol. The Balaban J connectivity index is 2.76. The van der Waals surface area contributed by atoms with Gasteiger partial charge in [0.05, 0.1) is 6.10 Å². The molecule has 0 aromatic heterocycles. The monoisotopic (exact) mass is 174 g/mol. The molecule has 13 heavy (non-hydrogen) atoms. The fourth-order valence-corrected chi connectivity index (χ4v) is 1.92. The second kappa shape index (κ2) is 3.35. The molecule has 1 atom stereocenters. The third-order valence-corrected chi connectivity index (χ3v) is 2.59. The number of aliphatic hydroxyl groups is 1. The zero-order valence-electron chi connectivity index (χ0n) is 7.83. The lowest BCUT2D eigenvalue weighted by molar-refractivity contribution is 0.248. The Labute approximate surface area is 78.0 Å². The first-order chi connectivity index (χ1) is 6.29. The maximum absolute atomic E-state index is 9.57. The first kappa shape index (κ1) is 8.52. The molecule has 0 radical (unpaired) electrons. The van der Waals surface area contributed by atoms with Crippen molar-refractivity contribution in [1.29, 1.82) is 0 Å². The summed E-state index contributed by atoms with van der Waals surface area (Å²) in [5.41, 5.74) is 1.18. The Hall–Kier alpha value is -1.08. The van der Waals surface area contributed by atoms with E-state index in [4.69, 9.17) is 0 Å². The van der Waals surface area contributed by atoms with E-state index >= 15 is 0 Å². The van der Waals surface area contributed by atoms with Gasteiger partial charge in [0.15, 0.2) is 0 Å². The molecule has 0 saturated heterocycles. The molecular formula is C12H14O. The van der Waals surface area contributed by atoms with Gasteiger partial charge in [-0.1, -0.05) is 30.3 Å². The SMILES string of the molecule is C[C@H](O)C1=c2ccccc2=CCC1. The molecule has 1 nitrogen and oxygen atoms in total. The number of benzene rings is 1. The van der Waals surface area contributed by atoms with Crippen molar-refractivity contribution < 1.29 is 5.11 Å². The van der Waals surface area contributed by atoms with E-state index in [0.717, 1.165) is 12.8 Å². The first-order valence-corrected chi connectivity index (χ1v) is 4.75. The Morgan fingerprint density at radius 2 is 2.08 bits per heavy atom. The molecule has 2 rings (SSSR count). The van der Waals surface area contributed by atoms with E-state index in [2.05, 4.69) is 18.2 Å². The Morgan fingerprint density at radius 1 is 1.31 bits per heavy atom. The number of hydrogen-bond acceptors (Lipinski definition) is 1. The molecule has 0 unspecified atom stereocenters. The molecule has 1 heteroatoms. The van der Waals surface area contributed by atoms with E-state index < -0.39 is 0 Å². The third kappa shape index (κ3) is 1.52. The van der Waals surface area contributed by atoms with Gasteiger partial charge in [-0.2, -0.15) is 0 Å². The molecule has 1 aliphatic rings. The van der Waals surface area contributed by atoms with Crippen LogP contribution in [0.2, 0.25) is 0 Å². The third-order valence-electron chi connectivity index (χ3n) is 2.59. The predicted octanol–water partition coefficient (Wildman–Crippen LogP) is 0.792. The average Bonchev–Trinajstić information content (AvgIpc) is 2.17. The van der Waals surface area contributed by atoms with Crippen molar-refractivity contribution in [2.75, 3.05) is 0 Å². The van der Waals surface area contributed by atoms with Crippen LogP contribution in [0.1, 0.15) is 19.8 Å². The molecule has 0 bridgehead atoms. The molecule has 0 spiro atoms. The van der Waals surface area contributed by atoms with Gasteiger partial charge in [0, 0.05) is 0 Å². The zero-order chi connectivity index (χ0) is 9.26. The lowest BCUT2D eigenvalue weighted by Gasteiger charge is -2.13. The smallest absolute Gasteiger partial charge is 0.0731 e. The minimum Gasteiger partial charge on any atom is -0.389 e. The molecule has 1 aromatic rings. The summed E-state index contributed by atoms with van der Waals surface area (Å²) in [6, 6.07) is 8.27. The zero-order valence-corrected chi connectivity index (χ0v) is 7.83. The van der Waals surface area contributed by atoms with E-state index in [1.165, 1.54) is 16.0 Å². The summed E-state index contributed by atoms with van der Waals surface area (Å²) in [4.78, 5) is 0. The van der Waals surface area contributed by atoms with Crippen LogP contribution in [0.15, 0.2) is 24.3 Å². The van der Waals surface area contributed by atoms with E-state index in [1.807, 2.05) is 19.1 Å². The molecule has 0 aliphatic heterocycles.